The molecule has 7 heteroatoms. The van der Waals surface area contributed by atoms with Gasteiger partial charge in [-0.3, -0.25) is 14.6 Å². The molecule has 1 aromatic rings. The lowest BCUT2D eigenvalue weighted by atomic mass is 9.81. The molecule has 140 valence electrons. The molecule has 5 aliphatic rings. The van der Waals surface area contributed by atoms with Crippen molar-refractivity contribution in [2.45, 2.75) is 45.2 Å². The van der Waals surface area contributed by atoms with E-state index in [0.717, 1.165) is 38.9 Å². The summed E-state index contributed by atoms with van der Waals surface area (Å²) >= 11 is 0. The fraction of sp³-hybridized carbons (Fsp3) is 0.737. The van der Waals surface area contributed by atoms with Crippen LogP contribution >= 0.6 is 0 Å². The molecule has 0 spiro atoms. The van der Waals surface area contributed by atoms with Crippen LogP contribution < -0.4 is 4.90 Å². The molecule has 0 radical (unpaired) electrons. The van der Waals surface area contributed by atoms with E-state index < -0.39 is 0 Å². The minimum Gasteiger partial charge on any atom is -0.346 e. The van der Waals surface area contributed by atoms with E-state index in [4.69, 9.17) is 4.52 Å². The van der Waals surface area contributed by atoms with Gasteiger partial charge in [0, 0.05) is 50.9 Å². The predicted molar refractivity (Wildman–Crippen MR) is 96.4 cm³/mol. The maximum Gasteiger partial charge on any atom is 0.328 e. The number of fused-ring (bicyclic) bond motifs is 4. The summed E-state index contributed by atoms with van der Waals surface area (Å²) in [5.41, 5.74) is 1.48. The summed E-state index contributed by atoms with van der Waals surface area (Å²) in [5.74, 6) is 2.47. The highest BCUT2D eigenvalue weighted by Crippen LogP contribution is 2.54. The van der Waals surface area contributed by atoms with Crippen molar-refractivity contribution in [3.05, 3.63) is 17.6 Å². The standard InChI is InChI=1S/C19H27N5O2/c1-4-22(3)18(25)17-14-9-23(10-15(14)17)16-7-13-6-5-12(16)8-24(13)19-20-11(2)21-26-19/h8,13-17H,4-7,9-10H2,1-3H3/t13?,14-,15+,16?,17+. The van der Waals surface area contributed by atoms with Gasteiger partial charge in [-0.05, 0) is 50.5 Å². The molecule has 3 aliphatic heterocycles. The van der Waals surface area contributed by atoms with Crippen LogP contribution in [0.3, 0.4) is 0 Å². The van der Waals surface area contributed by atoms with Gasteiger partial charge in [0.15, 0.2) is 5.82 Å². The average molecular weight is 357 g/mol. The Morgan fingerprint density at radius 1 is 1.38 bits per heavy atom. The van der Waals surface area contributed by atoms with E-state index in [9.17, 15) is 4.79 Å². The summed E-state index contributed by atoms with van der Waals surface area (Å²) in [6.07, 6.45) is 5.69. The number of piperidine rings is 1. The fourth-order valence-electron chi connectivity index (χ4n) is 5.29. The number of nitrogens with zero attached hydrogens (tertiary/aromatic N) is 5. The molecule has 1 aromatic heterocycles. The molecule has 5 atom stereocenters. The van der Waals surface area contributed by atoms with Gasteiger partial charge >= 0.3 is 6.01 Å². The highest BCUT2D eigenvalue weighted by molar-refractivity contribution is 5.82. The fourth-order valence-corrected chi connectivity index (χ4v) is 5.29. The number of carbonyl (C=O) groups excluding carboxylic acids is 1. The summed E-state index contributed by atoms with van der Waals surface area (Å²) in [4.78, 5) is 23.5. The van der Waals surface area contributed by atoms with Crippen LogP contribution in [0.1, 0.15) is 32.0 Å². The predicted octanol–water partition coefficient (Wildman–Crippen LogP) is 1.66. The number of hydrogen-bond donors (Lipinski definition) is 0. The lowest BCUT2D eigenvalue weighted by molar-refractivity contribution is -0.132. The second kappa shape index (κ2) is 5.81. The van der Waals surface area contributed by atoms with Crippen LogP contribution in [0, 0.1) is 24.7 Å². The molecule has 4 heterocycles. The zero-order valence-corrected chi connectivity index (χ0v) is 15.8. The van der Waals surface area contributed by atoms with Gasteiger partial charge in [-0.25, -0.2) is 0 Å². The molecule has 2 unspecified atom stereocenters. The quantitative estimate of drug-likeness (QED) is 0.817. The number of rotatable bonds is 4. The van der Waals surface area contributed by atoms with E-state index in [2.05, 4.69) is 26.1 Å². The van der Waals surface area contributed by atoms with Crippen molar-refractivity contribution < 1.29 is 9.32 Å². The maximum atomic E-state index is 12.4. The molecule has 2 aliphatic carbocycles. The van der Waals surface area contributed by atoms with Gasteiger partial charge in [-0.1, -0.05) is 5.16 Å². The largest absolute Gasteiger partial charge is 0.346 e. The number of aromatic nitrogens is 2. The topological polar surface area (TPSA) is 65.7 Å². The monoisotopic (exact) mass is 357 g/mol. The van der Waals surface area contributed by atoms with Gasteiger partial charge in [-0.2, -0.15) is 4.98 Å². The number of anilines is 1. The van der Waals surface area contributed by atoms with Gasteiger partial charge in [0.25, 0.3) is 0 Å². The van der Waals surface area contributed by atoms with Crippen molar-refractivity contribution in [2.24, 2.45) is 17.8 Å². The molecule has 0 N–H and O–H groups in total. The van der Waals surface area contributed by atoms with Gasteiger partial charge < -0.3 is 9.42 Å². The first-order valence-corrected chi connectivity index (χ1v) is 9.85. The molecule has 6 rings (SSSR count). The Morgan fingerprint density at radius 3 is 2.73 bits per heavy atom. The number of likely N-dealkylation sites (tertiary alicyclic amines) is 1. The van der Waals surface area contributed by atoms with Gasteiger partial charge in [0.1, 0.15) is 0 Å². The van der Waals surface area contributed by atoms with Crippen LogP contribution in [0.25, 0.3) is 0 Å². The van der Waals surface area contributed by atoms with Crippen LogP contribution in [-0.4, -0.2) is 64.6 Å². The highest BCUT2D eigenvalue weighted by atomic mass is 16.5. The molecule has 2 saturated carbocycles. The van der Waals surface area contributed by atoms with Crippen molar-refractivity contribution in [2.75, 3.05) is 31.6 Å². The minimum absolute atomic E-state index is 0.281. The molecule has 1 saturated heterocycles. The Morgan fingerprint density at radius 2 is 2.15 bits per heavy atom. The van der Waals surface area contributed by atoms with Crippen molar-refractivity contribution >= 4 is 11.9 Å². The van der Waals surface area contributed by atoms with E-state index in [1.807, 2.05) is 25.8 Å². The normalized spacial score (nSPS) is 35.4. The summed E-state index contributed by atoms with van der Waals surface area (Å²) < 4.78 is 5.38. The third kappa shape index (κ3) is 2.40. The molecule has 1 amide bonds. The van der Waals surface area contributed by atoms with E-state index in [0.29, 0.717) is 41.7 Å². The van der Waals surface area contributed by atoms with Gasteiger partial charge in [0.05, 0.1) is 0 Å². The van der Waals surface area contributed by atoms with Crippen LogP contribution in [0.2, 0.25) is 0 Å². The number of amides is 1. The first-order chi connectivity index (χ1) is 12.6. The SMILES string of the molecule is CCN(C)C(=O)[C@H]1[C@@H]2CN(C3CC4CCC3=CN4c3nc(C)no3)C[C@@H]21. The third-order valence-electron chi connectivity index (χ3n) is 6.92. The van der Waals surface area contributed by atoms with Crippen molar-refractivity contribution in [1.29, 1.82) is 0 Å². The zero-order valence-electron chi connectivity index (χ0n) is 15.8. The Balaban J connectivity index is 1.26. The molecule has 2 bridgehead atoms. The first kappa shape index (κ1) is 16.3. The minimum atomic E-state index is 0.281. The second-order valence-electron chi connectivity index (χ2n) is 8.34. The Bertz CT molecular complexity index is 747. The van der Waals surface area contributed by atoms with Crippen LogP contribution in [0.15, 0.2) is 16.3 Å². The van der Waals surface area contributed by atoms with E-state index in [-0.39, 0.29) is 5.92 Å². The third-order valence-corrected chi connectivity index (χ3v) is 6.92. The van der Waals surface area contributed by atoms with E-state index >= 15 is 0 Å². The zero-order chi connectivity index (χ0) is 18.0. The lowest BCUT2D eigenvalue weighted by Gasteiger charge is -2.46. The number of carbonyl (C=O) groups is 1. The molecule has 3 fully saturated rings. The summed E-state index contributed by atoms with van der Waals surface area (Å²) in [6, 6.07) is 1.60. The van der Waals surface area contributed by atoms with Crippen molar-refractivity contribution in [1.82, 2.24) is 19.9 Å². The van der Waals surface area contributed by atoms with E-state index in [1.54, 1.807) is 0 Å². The Hall–Kier alpha value is -1.89. The summed E-state index contributed by atoms with van der Waals surface area (Å²) in [5, 5.41) is 3.93. The van der Waals surface area contributed by atoms with Crippen molar-refractivity contribution in [3.8, 4) is 0 Å². The molecular weight excluding hydrogens is 330 g/mol. The summed E-state index contributed by atoms with van der Waals surface area (Å²) in [6.45, 7) is 6.86. The Kier molecular flexibility index (Phi) is 3.64. The van der Waals surface area contributed by atoms with Gasteiger partial charge in [-0.15, -0.1) is 0 Å². The highest BCUT2D eigenvalue weighted by Gasteiger charge is 2.61. The number of hydrogen-bond acceptors (Lipinski definition) is 6. The first-order valence-electron chi connectivity index (χ1n) is 9.85. The molecule has 0 aromatic carbocycles. The Labute approximate surface area is 154 Å². The molecular formula is C19H27N5O2. The van der Waals surface area contributed by atoms with Crippen LogP contribution in [0.5, 0.6) is 0 Å². The second-order valence-corrected chi connectivity index (χ2v) is 8.34. The van der Waals surface area contributed by atoms with E-state index in [1.165, 1.54) is 5.57 Å². The van der Waals surface area contributed by atoms with Crippen molar-refractivity contribution in [3.63, 3.8) is 0 Å². The molecule has 26 heavy (non-hydrogen) atoms. The maximum absolute atomic E-state index is 12.4. The number of aryl methyl sites for hydroxylation is 1. The lowest BCUT2D eigenvalue weighted by Crippen LogP contribution is -2.50. The van der Waals surface area contributed by atoms with Gasteiger partial charge in [0.2, 0.25) is 5.91 Å². The van der Waals surface area contributed by atoms with Crippen LogP contribution in [-0.2, 0) is 4.79 Å². The smallest absolute Gasteiger partial charge is 0.328 e. The average Bonchev–Trinajstić information content (AvgIpc) is 3.00. The summed E-state index contributed by atoms with van der Waals surface area (Å²) in [7, 11) is 1.92. The molecule has 7 nitrogen and oxygen atoms in total. The van der Waals surface area contributed by atoms with Crippen LogP contribution in [0.4, 0.5) is 6.01 Å².